The highest BCUT2D eigenvalue weighted by atomic mass is 16.3. The number of hydrogen-bond acceptors (Lipinski definition) is 5. The van der Waals surface area contributed by atoms with Crippen LogP contribution in [0, 0.1) is 45.3 Å². The summed E-state index contributed by atoms with van der Waals surface area (Å²) in [5.41, 5.74) is 0.300. The lowest BCUT2D eigenvalue weighted by Crippen LogP contribution is -2.64. The van der Waals surface area contributed by atoms with E-state index in [1.54, 1.807) is 6.92 Å². The maximum Gasteiger partial charge on any atom is 0.127 e. The third-order valence-electron chi connectivity index (χ3n) is 11.9. The molecule has 5 nitrogen and oxygen atoms in total. The molecule has 0 spiro atoms. The molecule has 4 aliphatic carbocycles. The largest absolute Gasteiger partial charge is 0.392 e. The quantitative estimate of drug-likeness (QED) is 0.328. The molecule has 4 unspecified atom stereocenters. The smallest absolute Gasteiger partial charge is 0.127 e. The van der Waals surface area contributed by atoms with Crippen LogP contribution in [0.3, 0.4) is 0 Å². The van der Waals surface area contributed by atoms with Gasteiger partial charge in [-0.2, -0.15) is 0 Å². The molecule has 198 valence electrons. The molecule has 0 aromatic rings. The van der Waals surface area contributed by atoms with Gasteiger partial charge in [-0.3, -0.25) is 0 Å². The number of aliphatic hydroxyl groups excluding tert-OH is 4. The van der Waals surface area contributed by atoms with Crippen molar-refractivity contribution in [2.75, 3.05) is 0 Å². The van der Waals surface area contributed by atoms with Crippen LogP contribution < -0.4 is 0 Å². The molecular formula is C30H48O5. The minimum absolute atomic E-state index is 0.0668. The van der Waals surface area contributed by atoms with E-state index in [0.29, 0.717) is 24.3 Å². The number of carbonyl (C=O) groups is 1. The van der Waals surface area contributed by atoms with Crippen molar-refractivity contribution in [3.8, 4) is 0 Å². The van der Waals surface area contributed by atoms with Gasteiger partial charge in [0.1, 0.15) is 12.4 Å². The van der Waals surface area contributed by atoms with Crippen molar-refractivity contribution >= 4 is 6.29 Å². The second kappa shape index (κ2) is 8.79. The van der Waals surface area contributed by atoms with Crippen molar-refractivity contribution in [2.45, 2.75) is 111 Å². The first kappa shape index (κ1) is 27.0. The Morgan fingerprint density at radius 3 is 2.34 bits per heavy atom. The van der Waals surface area contributed by atoms with Crippen LogP contribution in [0.5, 0.6) is 0 Å². The third kappa shape index (κ3) is 3.66. The number of aldehydes is 1. The first-order chi connectivity index (χ1) is 16.2. The van der Waals surface area contributed by atoms with E-state index >= 15 is 0 Å². The zero-order valence-corrected chi connectivity index (χ0v) is 22.6. The predicted molar refractivity (Wildman–Crippen MR) is 137 cm³/mol. The summed E-state index contributed by atoms with van der Waals surface area (Å²) in [5.74, 6) is 0.447. The van der Waals surface area contributed by atoms with Crippen molar-refractivity contribution in [1.82, 2.24) is 0 Å². The van der Waals surface area contributed by atoms with Crippen molar-refractivity contribution in [1.29, 1.82) is 0 Å². The lowest BCUT2D eigenvalue weighted by Gasteiger charge is -2.66. The fourth-order valence-electron chi connectivity index (χ4n) is 9.56. The third-order valence-corrected chi connectivity index (χ3v) is 11.9. The summed E-state index contributed by atoms with van der Waals surface area (Å²) in [6.07, 6.45) is 5.83. The maximum atomic E-state index is 13.1. The second-order valence-corrected chi connectivity index (χ2v) is 13.7. The normalized spacial score (nSPS) is 46.9. The number of rotatable bonds is 6. The molecule has 4 N–H and O–H groups in total. The molecule has 0 saturated heterocycles. The van der Waals surface area contributed by atoms with Crippen molar-refractivity contribution in [2.24, 2.45) is 45.3 Å². The Hall–Kier alpha value is -1.01. The summed E-state index contributed by atoms with van der Waals surface area (Å²) in [7, 11) is 0. The van der Waals surface area contributed by atoms with Crippen LogP contribution in [0.1, 0.15) is 86.5 Å². The Kier molecular flexibility index (Phi) is 6.79. The Morgan fingerprint density at radius 1 is 1.09 bits per heavy atom. The average molecular weight is 489 g/mol. The standard InChI is InChI=1S/C30H48O5/c1-17(2)25(35)22(32)14-18(3)19-10-11-29(7)26-23(33)15-21-20(8-9-24(34)27(21,4)5)30(26,16-31)13-12-28(19,29)6/h15-16,18-20,22-26,32-35H,1,8-14H2,2-7H3/t18-,19-,20-,22?,23?,24?,25?,26+,28-,29+,30-/m1/s1. The molecule has 0 heterocycles. The Balaban J connectivity index is 1.70. The molecule has 0 bridgehead atoms. The first-order valence-corrected chi connectivity index (χ1v) is 13.7. The lowest BCUT2D eigenvalue weighted by atomic mass is 9.38. The van der Waals surface area contributed by atoms with E-state index in [1.807, 2.05) is 19.9 Å². The zero-order valence-electron chi connectivity index (χ0n) is 22.6. The summed E-state index contributed by atoms with van der Waals surface area (Å²) in [5, 5.41) is 43.4. The monoisotopic (exact) mass is 488 g/mol. The molecule has 0 aromatic heterocycles. The van der Waals surface area contributed by atoms with E-state index in [0.717, 1.165) is 37.7 Å². The van der Waals surface area contributed by atoms with Gasteiger partial charge in [-0.15, -0.1) is 0 Å². The van der Waals surface area contributed by atoms with E-state index in [4.69, 9.17) is 0 Å². The second-order valence-electron chi connectivity index (χ2n) is 13.7. The fraction of sp³-hybridized carbons (Fsp3) is 0.833. The van der Waals surface area contributed by atoms with Crippen LogP contribution in [-0.2, 0) is 4.79 Å². The van der Waals surface area contributed by atoms with Crippen LogP contribution in [0.25, 0.3) is 0 Å². The van der Waals surface area contributed by atoms with Crippen molar-refractivity contribution in [3.63, 3.8) is 0 Å². The summed E-state index contributed by atoms with van der Waals surface area (Å²) in [6, 6.07) is 0. The molecule has 4 rings (SSSR count). The van der Waals surface area contributed by atoms with Gasteiger partial charge < -0.3 is 25.2 Å². The Labute approximate surface area is 211 Å². The van der Waals surface area contributed by atoms with E-state index < -0.39 is 35.2 Å². The van der Waals surface area contributed by atoms with Crippen molar-refractivity contribution in [3.05, 3.63) is 23.8 Å². The van der Waals surface area contributed by atoms with E-state index in [2.05, 4.69) is 27.4 Å². The molecule has 3 saturated carbocycles. The average Bonchev–Trinajstić information content (AvgIpc) is 3.06. The lowest BCUT2D eigenvalue weighted by molar-refractivity contribution is -0.183. The summed E-state index contributed by atoms with van der Waals surface area (Å²) in [6.45, 7) is 16.5. The van der Waals surface area contributed by atoms with Crippen LogP contribution in [-0.4, -0.2) is 51.1 Å². The zero-order chi connectivity index (χ0) is 26.1. The molecule has 0 amide bonds. The van der Waals surface area contributed by atoms with Crippen LogP contribution in [0.2, 0.25) is 0 Å². The van der Waals surface area contributed by atoms with Crippen LogP contribution in [0.15, 0.2) is 23.8 Å². The molecule has 35 heavy (non-hydrogen) atoms. The fourth-order valence-corrected chi connectivity index (χ4v) is 9.56. The summed E-state index contributed by atoms with van der Waals surface area (Å²) >= 11 is 0. The molecular weight excluding hydrogens is 440 g/mol. The van der Waals surface area contributed by atoms with Gasteiger partial charge in [-0.1, -0.05) is 52.8 Å². The Morgan fingerprint density at radius 2 is 1.74 bits per heavy atom. The van der Waals surface area contributed by atoms with Gasteiger partial charge in [-0.05, 0) is 86.0 Å². The maximum absolute atomic E-state index is 13.1. The van der Waals surface area contributed by atoms with Gasteiger partial charge in [0, 0.05) is 16.7 Å². The predicted octanol–water partition coefficient (Wildman–Crippen LogP) is 4.43. The van der Waals surface area contributed by atoms with E-state index in [9.17, 15) is 25.2 Å². The SMILES string of the molecule is C=C(C)C(O)C(O)C[C@@H](C)[C@H]1CC[C@@]2(C)[C@@H]3C(O)C=C4[C@@H](CCC(O)C4(C)C)[C@]3(C=O)CC[C@]12C. The molecule has 5 heteroatoms. The van der Waals surface area contributed by atoms with Gasteiger partial charge >= 0.3 is 0 Å². The van der Waals surface area contributed by atoms with Gasteiger partial charge in [-0.25, -0.2) is 0 Å². The number of carbonyl (C=O) groups excluding carboxylic acids is 1. The van der Waals surface area contributed by atoms with E-state index in [1.165, 1.54) is 6.29 Å². The minimum Gasteiger partial charge on any atom is -0.392 e. The first-order valence-electron chi connectivity index (χ1n) is 13.7. The molecule has 0 radical (unpaired) electrons. The highest BCUT2D eigenvalue weighted by Gasteiger charge is 2.70. The van der Waals surface area contributed by atoms with Gasteiger partial charge in [0.05, 0.1) is 18.3 Å². The highest BCUT2D eigenvalue weighted by Crippen LogP contribution is 2.74. The molecule has 0 aliphatic heterocycles. The van der Waals surface area contributed by atoms with Gasteiger partial charge in [0.25, 0.3) is 0 Å². The molecule has 4 aliphatic rings. The van der Waals surface area contributed by atoms with Crippen LogP contribution in [0.4, 0.5) is 0 Å². The Bertz CT molecular complexity index is 893. The number of hydrogen-bond donors (Lipinski definition) is 4. The van der Waals surface area contributed by atoms with Crippen molar-refractivity contribution < 1.29 is 25.2 Å². The topological polar surface area (TPSA) is 98.0 Å². The molecule has 0 aromatic carbocycles. The summed E-state index contributed by atoms with van der Waals surface area (Å²) < 4.78 is 0. The van der Waals surface area contributed by atoms with Gasteiger partial charge in [0.15, 0.2) is 0 Å². The molecule has 3 fully saturated rings. The van der Waals surface area contributed by atoms with Gasteiger partial charge in [0.2, 0.25) is 0 Å². The van der Waals surface area contributed by atoms with E-state index in [-0.39, 0.29) is 28.6 Å². The summed E-state index contributed by atoms with van der Waals surface area (Å²) in [4.78, 5) is 13.1. The molecule has 11 atom stereocenters. The highest BCUT2D eigenvalue weighted by molar-refractivity contribution is 5.65. The van der Waals surface area contributed by atoms with Crippen LogP contribution >= 0.6 is 0 Å². The number of aliphatic hydroxyl groups is 4. The number of fused-ring (bicyclic) bond motifs is 5. The minimum atomic E-state index is -0.916.